The fourth-order valence-electron chi connectivity index (χ4n) is 1.73. The third-order valence-corrected chi connectivity index (χ3v) is 2.85. The molecule has 0 aliphatic heterocycles. The van der Waals surface area contributed by atoms with Crippen LogP contribution >= 0.6 is 11.6 Å². The molecule has 0 unspecified atom stereocenters. The summed E-state index contributed by atoms with van der Waals surface area (Å²) in [5.74, 6) is 0. The van der Waals surface area contributed by atoms with Crippen molar-refractivity contribution in [1.82, 2.24) is 15.0 Å². The van der Waals surface area contributed by atoms with Gasteiger partial charge in [0.05, 0.1) is 10.6 Å². The Hall–Kier alpha value is -2.47. The second-order valence-corrected chi connectivity index (χ2v) is 4.34. The van der Waals surface area contributed by atoms with Gasteiger partial charge in [-0.1, -0.05) is 17.7 Å². The first-order chi connectivity index (χ1) is 9.13. The quantitative estimate of drug-likeness (QED) is 0.532. The van der Waals surface area contributed by atoms with Crippen LogP contribution in [-0.2, 0) is 0 Å². The molecule has 3 aromatic rings. The van der Waals surface area contributed by atoms with E-state index in [4.69, 9.17) is 11.6 Å². The van der Waals surface area contributed by atoms with Crippen molar-refractivity contribution < 1.29 is 4.92 Å². The maximum absolute atomic E-state index is 10.7. The maximum atomic E-state index is 10.7. The van der Waals surface area contributed by atoms with Gasteiger partial charge in [-0.15, -0.1) is 10.2 Å². The number of nitrogens with zero attached hydrogens (tertiary/aromatic N) is 4. The van der Waals surface area contributed by atoms with Crippen molar-refractivity contribution in [3.8, 4) is 5.69 Å². The molecular weight excluding hydrogens is 268 g/mol. The zero-order valence-electron chi connectivity index (χ0n) is 9.52. The van der Waals surface area contributed by atoms with Gasteiger partial charge in [0, 0.05) is 17.2 Å². The van der Waals surface area contributed by atoms with Crippen LogP contribution in [0, 0.1) is 10.1 Å². The number of hydrogen-bond acceptors (Lipinski definition) is 4. The molecule has 94 valence electrons. The Morgan fingerprint density at radius 3 is 2.63 bits per heavy atom. The number of benzene rings is 2. The molecule has 0 saturated heterocycles. The third kappa shape index (κ3) is 2.13. The summed E-state index contributed by atoms with van der Waals surface area (Å²) in [5, 5.41) is 19.7. The Morgan fingerprint density at radius 2 is 1.89 bits per heavy atom. The number of hydrogen-bond donors (Lipinski definition) is 0. The second kappa shape index (κ2) is 4.33. The Kier molecular flexibility index (Phi) is 2.64. The predicted octanol–water partition coefficient (Wildman–Crippen LogP) is 2.98. The van der Waals surface area contributed by atoms with Crippen LogP contribution in [0.25, 0.3) is 16.7 Å². The number of aromatic nitrogens is 3. The average molecular weight is 275 g/mol. The van der Waals surface area contributed by atoms with Crippen LogP contribution in [0.2, 0.25) is 5.02 Å². The zero-order valence-corrected chi connectivity index (χ0v) is 10.3. The number of non-ortho nitro benzene ring substituents is 1. The van der Waals surface area contributed by atoms with Crippen molar-refractivity contribution in [2.75, 3.05) is 0 Å². The number of nitro groups is 1. The van der Waals surface area contributed by atoms with Gasteiger partial charge in [0.2, 0.25) is 0 Å². The van der Waals surface area contributed by atoms with Gasteiger partial charge in [-0.05, 0) is 24.3 Å². The molecule has 7 heteroatoms. The number of rotatable bonds is 2. The Bertz CT molecular complexity index is 784. The summed E-state index contributed by atoms with van der Waals surface area (Å²) in [6, 6.07) is 11.4. The molecule has 0 radical (unpaired) electrons. The first-order valence-corrected chi connectivity index (χ1v) is 5.79. The molecule has 3 rings (SSSR count). The first kappa shape index (κ1) is 11.6. The molecule has 0 fully saturated rings. The first-order valence-electron chi connectivity index (χ1n) is 5.41. The van der Waals surface area contributed by atoms with Gasteiger partial charge in [-0.3, -0.25) is 10.1 Å². The van der Waals surface area contributed by atoms with Gasteiger partial charge >= 0.3 is 0 Å². The molecule has 1 aromatic heterocycles. The molecule has 0 bridgehead atoms. The molecule has 6 nitrogen and oxygen atoms in total. The predicted molar refractivity (Wildman–Crippen MR) is 70.5 cm³/mol. The molecule has 0 atom stereocenters. The van der Waals surface area contributed by atoms with Gasteiger partial charge in [-0.2, -0.15) is 4.80 Å². The van der Waals surface area contributed by atoms with E-state index in [1.165, 1.54) is 16.9 Å². The van der Waals surface area contributed by atoms with E-state index in [1.54, 1.807) is 30.3 Å². The average Bonchev–Trinajstić information content (AvgIpc) is 2.81. The Balaban J connectivity index is 2.14. The van der Waals surface area contributed by atoms with Crippen molar-refractivity contribution in [3.63, 3.8) is 0 Å². The van der Waals surface area contributed by atoms with Crippen LogP contribution in [0.4, 0.5) is 5.69 Å². The minimum atomic E-state index is -0.460. The molecule has 2 aromatic carbocycles. The number of fused-ring (bicyclic) bond motifs is 1. The largest absolute Gasteiger partial charge is 0.271 e. The summed E-state index contributed by atoms with van der Waals surface area (Å²) in [6.45, 7) is 0. The molecule has 19 heavy (non-hydrogen) atoms. The third-order valence-electron chi connectivity index (χ3n) is 2.61. The van der Waals surface area contributed by atoms with Gasteiger partial charge in [-0.25, -0.2) is 0 Å². The van der Waals surface area contributed by atoms with Crippen molar-refractivity contribution in [3.05, 3.63) is 57.6 Å². The number of nitro benzene ring substituents is 1. The minimum absolute atomic E-state index is 0.00866. The lowest BCUT2D eigenvalue weighted by molar-refractivity contribution is -0.384. The Labute approximate surface area is 112 Å². The highest BCUT2D eigenvalue weighted by atomic mass is 35.5. The van der Waals surface area contributed by atoms with Crippen LogP contribution in [0.3, 0.4) is 0 Å². The molecule has 1 heterocycles. The second-order valence-electron chi connectivity index (χ2n) is 3.90. The normalized spacial score (nSPS) is 10.8. The smallest absolute Gasteiger partial charge is 0.258 e. The SMILES string of the molecule is O=[N+]([O-])c1ccc2nn(-c3cccc(Cl)c3)nc2c1. The molecule has 0 spiro atoms. The summed E-state index contributed by atoms with van der Waals surface area (Å²) in [7, 11) is 0. The fraction of sp³-hybridized carbons (Fsp3) is 0. The summed E-state index contributed by atoms with van der Waals surface area (Å²) in [4.78, 5) is 11.6. The maximum Gasteiger partial charge on any atom is 0.271 e. The van der Waals surface area contributed by atoms with Gasteiger partial charge in [0.25, 0.3) is 5.69 Å². The zero-order chi connectivity index (χ0) is 13.4. The summed E-state index contributed by atoms with van der Waals surface area (Å²) >= 11 is 5.90. The minimum Gasteiger partial charge on any atom is -0.258 e. The van der Waals surface area contributed by atoms with E-state index >= 15 is 0 Å². The van der Waals surface area contributed by atoms with Gasteiger partial charge < -0.3 is 0 Å². The summed E-state index contributed by atoms with van der Waals surface area (Å²) < 4.78 is 0. The van der Waals surface area contributed by atoms with E-state index in [0.29, 0.717) is 21.7 Å². The topological polar surface area (TPSA) is 73.8 Å². The molecule has 0 aliphatic rings. The van der Waals surface area contributed by atoms with E-state index in [9.17, 15) is 10.1 Å². The van der Waals surface area contributed by atoms with E-state index in [0.717, 1.165) is 0 Å². The van der Waals surface area contributed by atoms with Crippen LogP contribution in [0.5, 0.6) is 0 Å². The standard InChI is InChI=1S/C12H7ClN4O2/c13-8-2-1-3-9(6-8)16-14-11-5-4-10(17(18)19)7-12(11)15-16/h1-7H. The monoisotopic (exact) mass is 274 g/mol. The van der Waals surface area contributed by atoms with Crippen molar-refractivity contribution in [2.24, 2.45) is 0 Å². The van der Waals surface area contributed by atoms with E-state index in [-0.39, 0.29) is 5.69 Å². The van der Waals surface area contributed by atoms with Crippen LogP contribution in [-0.4, -0.2) is 19.9 Å². The van der Waals surface area contributed by atoms with Gasteiger partial charge in [0.15, 0.2) is 0 Å². The van der Waals surface area contributed by atoms with Crippen molar-refractivity contribution in [2.45, 2.75) is 0 Å². The molecule has 0 saturated carbocycles. The highest BCUT2D eigenvalue weighted by molar-refractivity contribution is 6.30. The lowest BCUT2D eigenvalue weighted by Gasteiger charge is -1.98. The van der Waals surface area contributed by atoms with Crippen LogP contribution in [0.1, 0.15) is 0 Å². The van der Waals surface area contributed by atoms with Crippen LogP contribution in [0.15, 0.2) is 42.5 Å². The van der Waals surface area contributed by atoms with Crippen molar-refractivity contribution >= 4 is 28.3 Å². The fourth-order valence-corrected chi connectivity index (χ4v) is 1.92. The lowest BCUT2D eigenvalue weighted by Crippen LogP contribution is -1.97. The highest BCUT2D eigenvalue weighted by Gasteiger charge is 2.10. The van der Waals surface area contributed by atoms with E-state index < -0.39 is 4.92 Å². The lowest BCUT2D eigenvalue weighted by atomic mass is 10.3. The molecule has 0 N–H and O–H groups in total. The Morgan fingerprint density at radius 1 is 1.11 bits per heavy atom. The van der Waals surface area contributed by atoms with Gasteiger partial charge in [0.1, 0.15) is 11.0 Å². The molecule has 0 aliphatic carbocycles. The molecular formula is C12H7ClN4O2. The van der Waals surface area contributed by atoms with Crippen LogP contribution < -0.4 is 0 Å². The van der Waals surface area contributed by atoms with Crippen molar-refractivity contribution in [1.29, 1.82) is 0 Å². The summed E-state index contributed by atoms with van der Waals surface area (Å²) in [6.07, 6.45) is 0. The van der Waals surface area contributed by atoms with E-state index in [1.807, 2.05) is 0 Å². The number of halogens is 1. The summed E-state index contributed by atoms with van der Waals surface area (Å²) in [5.41, 5.74) is 1.75. The highest BCUT2D eigenvalue weighted by Crippen LogP contribution is 2.20. The van der Waals surface area contributed by atoms with E-state index in [2.05, 4.69) is 10.2 Å². The molecule has 0 amide bonds.